The van der Waals surface area contributed by atoms with Crippen molar-refractivity contribution in [2.45, 2.75) is 51.6 Å². The Labute approximate surface area is 74.0 Å². The third-order valence-electron chi connectivity index (χ3n) is 3.19. The standard InChI is InChI=1S/C10H18O2/c1-9(2,12)10(8-11)6-4-3-5-7-10/h8,12H,3-7H2,1-2H3. The zero-order chi connectivity index (χ0) is 9.24. The number of carbonyl (C=O) groups excluding carboxylic acids is 1. The quantitative estimate of drug-likeness (QED) is 0.643. The topological polar surface area (TPSA) is 37.3 Å². The molecule has 0 spiro atoms. The molecule has 0 unspecified atom stereocenters. The second kappa shape index (κ2) is 3.17. The minimum absolute atomic E-state index is 0.467. The van der Waals surface area contributed by atoms with Crippen LogP contribution in [0.4, 0.5) is 0 Å². The van der Waals surface area contributed by atoms with E-state index in [2.05, 4.69) is 0 Å². The predicted molar refractivity (Wildman–Crippen MR) is 47.9 cm³/mol. The van der Waals surface area contributed by atoms with E-state index in [-0.39, 0.29) is 0 Å². The lowest BCUT2D eigenvalue weighted by Gasteiger charge is -2.41. The van der Waals surface area contributed by atoms with Gasteiger partial charge in [0.2, 0.25) is 0 Å². The molecule has 1 rings (SSSR count). The van der Waals surface area contributed by atoms with Gasteiger partial charge in [-0.2, -0.15) is 0 Å². The Hall–Kier alpha value is -0.370. The first-order valence-electron chi connectivity index (χ1n) is 4.71. The van der Waals surface area contributed by atoms with Crippen molar-refractivity contribution in [2.75, 3.05) is 0 Å². The lowest BCUT2D eigenvalue weighted by molar-refractivity contribution is -0.135. The normalized spacial score (nSPS) is 23.6. The molecule has 0 bridgehead atoms. The molecule has 1 aliphatic carbocycles. The maximum absolute atomic E-state index is 11.0. The van der Waals surface area contributed by atoms with Crippen LogP contribution in [0.2, 0.25) is 0 Å². The van der Waals surface area contributed by atoms with Crippen molar-refractivity contribution in [3.8, 4) is 0 Å². The van der Waals surface area contributed by atoms with Gasteiger partial charge >= 0.3 is 0 Å². The van der Waals surface area contributed by atoms with E-state index in [1.807, 2.05) is 0 Å². The Bertz CT molecular complexity index is 161. The third-order valence-corrected chi connectivity index (χ3v) is 3.19. The SMILES string of the molecule is CC(C)(O)C1(C=O)CCCCC1. The molecule has 0 amide bonds. The molecule has 2 heteroatoms. The summed E-state index contributed by atoms with van der Waals surface area (Å²) in [5, 5.41) is 9.86. The second-order valence-electron chi connectivity index (χ2n) is 4.39. The fourth-order valence-electron chi connectivity index (χ4n) is 2.06. The van der Waals surface area contributed by atoms with Gasteiger partial charge < -0.3 is 9.90 Å². The van der Waals surface area contributed by atoms with Crippen LogP contribution in [0.15, 0.2) is 0 Å². The molecule has 1 fully saturated rings. The fourth-order valence-corrected chi connectivity index (χ4v) is 2.06. The lowest BCUT2D eigenvalue weighted by Crippen LogP contribution is -2.46. The van der Waals surface area contributed by atoms with E-state index < -0.39 is 11.0 Å². The minimum Gasteiger partial charge on any atom is -0.389 e. The number of hydrogen-bond acceptors (Lipinski definition) is 2. The summed E-state index contributed by atoms with van der Waals surface area (Å²) < 4.78 is 0. The van der Waals surface area contributed by atoms with Gasteiger partial charge in [-0.05, 0) is 26.7 Å². The van der Waals surface area contributed by atoms with E-state index in [9.17, 15) is 9.90 Å². The molecule has 70 valence electrons. The van der Waals surface area contributed by atoms with Crippen molar-refractivity contribution in [3.05, 3.63) is 0 Å². The summed E-state index contributed by atoms with van der Waals surface area (Å²) in [6.45, 7) is 3.49. The molecule has 0 radical (unpaired) electrons. The van der Waals surface area contributed by atoms with E-state index in [1.165, 1.54) is 6.42 Å². The van der Waals surface area contributed by atoms with Gasteiger partial charge in [-0.1, -0.05) is 19.3 Å². The summed E-state index contributed by atoms with van der Waals surface area (Å²) >= 11 is 0. The van der Waals surface area contributed by atoms with Crippen molar-refractivity contribution >= 4 is 6.29 Å². The summed E-state index contributed by atoms with van der Waals surface area (Å²) in [6.07, 6.45) is 6.00. The molecule has 0 aliphatic heterocycles. The van der Waals surface area contributed by atoms with E-state index in [1.54, 1.807) is 13.8 Å². The van der Waals surface area contributed by atoms with Crippen LogP contribution >= 0.6 is 0 Å². The average Bonchev–Trinajstić information content (AvgIpc) is 2.04. The highest BCUT2D eigenvalue weighted by Gasteiger charge is 2.44. The Morgan fingerprint density at radius 3 is 2.00 bits per heavy atom. The summed E-state index contributed by atoms with van der Waals surface area (Å²) in [7, 11) is 0. The van der Waals surface area contributed by atoms with Gasteiger partial charge in [-0.15, -0.1) is 0 Å². The van der Waals surface area contributed by atoms with E-state index in [0.717, 1.165) is 32.0 Å². The second-order valence-corrected chi connectivity index (χ2v) is 4.39. The number of hydrogen-bond donors (Lipinski definition) is 1. The smallest absolute Gasteiger partial charge is 0.128 e. The Morgan fingerprint density at radius 2 is 1.75 bits per heavy atom. The van der Waals surface area contributed by atoms with Gasteiger partial charge in [-0.25, -0.2) is 0 Å². The monoisotopic (exact) mass is 170 g/mol. The Balaban J connectivity index is 2.80. The first-order chi connectivity index (χ1) is 5.52. The van der Waals surface area contributed by atoms with E-state index in [0.29, 0.717) is 0 Å². The third kappa shape index (κ3) is 1.53. The molecule has 0 aromatic carbocycles. The fraction of sp³-hybridized carbons (Fsp3) is 0.900. The van der Waals surface area contributed by atoms with E-state index >= 15 is 0 Å². The van der Waals surface area contributed by atoms with Crippen LogP contribution in [0.5, 0.6) is 0 Å². The first kappa shape index (κ1) is 9.72. The summed E-state index contributed by atoms with van der Waals surface area (Å²) in [5.74, 6) is 0. The van der Waals surface area contributed by atoms with E-state index in [4.69, 9.17) is 0 Å². The van der Waals surface area contributed by atoms with Crippen LogP contribution in [0, 0.1) is 5.41 Å². The number of aliphatic hydroxyl groups is 1. The van der Waals surface area contributed by atoms with Crippen molar-refractivity contribution in [1.29, 1.82) is 0 Å². The molecule has 2 nitrogen and oxygen atoms in total. The Kier molecular flexibility index (Phi) is 2.57. The Morgan fingerprint density at radius 1 is 1.25 bits per heavy atom. The van der Waals surface area contributed by atoms with Gasteiger partial charge in [0.1, 0.15) is 6.29 Å². The largest absolute Gasteiger partial charge is 0.389 e. The first-order valence-corrected chi connectivity index (χ1v) is 4.71. The van der Waals surface area contributed by atoms with Gasteiger partial charge in [0.15, 0.2) is 0 Å². The summed E-state index contributed by atoms with van der Waals surface area (Å²) in [5.41, 5.74) is -1.32. The molecular weight excluding hydrogens is 152 g/mol. The van der Waals surface area contributed by atoms with Crippen LogP contribution in [-0.4, -0.2) is 17.0 Å². The number of rotatable bonds is 2. The van der Waals surface area contributed by atoms with Crippen molar-refractivity contribution < 1.29 is 9.90 Å². The van der Waals surface area contributed by atoms with Crippen LogP contribution < -0.4 is 0 Å². The van der Waals surface area contributed by atoms with Crippen molar-refractivity contribution in [2.24, 2.45) is 5.41 Å². The van der Waals surface area contributed by atoms with Crippen molar-refractivity contribution in [3.63, 3.8) is 0 Å². The van der Waals surface area contributed by atoms with Gasteiger partial charge in [-0.3, -0.25) is 0 Å². The van der Waals surface area contributed by atoms with Gasteiger partial charge in [0, 0.05) is 0 Å². The maximum Gasteiger partial charge on any atom is 0.128 e. The minimum atomic E-state index is -0.852. The molecule has 0 aromatic heterocycles. The highest BCUT2D eigenvalue weighted by molar-refractivity contribution is 5.61. The van der Waals surface area contributed by atoms with Gasteiger partial charge in [0.25, 0.3) is 0 Å². The highest BCUT2D eigenvalue weighted by Crippen LogP contribution is 2.42. The molecule has 1 aliphatic rings. The molecule has 0 heterocycles. The zero-order valence-electron chi connectivity index (χ0n) is 7.97. The maximum atomic E-state index is 11.0. The average molecular weight is 170 g/mol. The lowest BCUT2D eigenvalue weighted by atomic mass is 9.65. The zero-order valence-corrected chi connectivity index (χ0v) is 7.97. The molecule has 12 heavy (non-hydrogen) atoms. The summed E-state index contributed by atoms with van der Waals surface area (Å²) in [4.78, 5) is 11.0. The predicted octanol–water partition coefficient (Wildman–Crippen LogP) is 1.91. The highest BCUT2D eigenvalue weighted by atomic mass is 16.3. The molecule has 1 saturated carbocycles. The number of carbonyl (C=O) groups is 1. The molecular formula is C10H18O2. The summed E-state index contributed by atoms with van der Waals surface area (Å²) in [6, 6.07) is 0. The molecule has 0 atom stereocenters. The molecule has 1 N–H and O–H groups in total. The van der Waals surface area contributed by atoms with Crippen LogP contribution in [0.25, 0.3) is 0 Å². The van der Waals surface area contributed by atoms with Gasteiger partial charge in [0.05, 0.1) is 11.0 Å². The van der Waals surface area contributed by atoms with Crippen LogP contribution in [0.1, 0.15) is 46.0 Å². The van der Waals surface area contributed by atoms with Crippen molar-refractivity contribution in [1.82, 2.24) is 0 Å². The molecule has 0 saturated heterocycles. The molecule has 0 aromatic rings. The van der Waals surface area contributed by atoms with Crippen LogP contribution in [-0.2, 0) is 4.79 Å². The number of aldehydes is 1. The van der Waals surface area contributed by atoms with Crippen LogP contribution in [0.3, 0.4) is 0 Å².